The molecule has 3 heterocycles. The van der Waals surface area contributed by atoms with Crippen molar-refractivity contribution in [3.63, 3.8) is 0 Å². The summed E-state index contributed by atoms with van der Waals surface area (Å²) < 4.78 is 15.2. The molecule has 0 radical (unpaired) electrons. The van der Waals surface area contributed by atoms with E-state index < -0.39 is 28.4 Å². The number of rotatable bonds is 7. The highest BCUT2D eigenvalue weighted by molar-refractivity contribution is 8.28. The predicted octanol–water partition coefficient (Wildman–Crippen LogP) is 4.47. The van der Waals surface area contributed by atoms with Gasteiger partial charge in [-0.1, -0.05) is 44.6 Å². The Morgan fingerprint density at radius 1 is 1.21 bits per heavy atom. The maximum Gasteiger partial charge on any atom is 0.280 e. The van der Waals surface area contributed by atoms with Crippen LogP contribution in [0.3, 0.4) is 0 Å². The van der Waals surface area contributed by atoms with Crippen LogP contribution < -0.4 is 21.9 Å². The number of amides is 2. The number of anilines is 2. The third-order valence-corrected chi connectivity index (χ3v) is 7.39. The highest BCUT2D eigenvalue weighted by Gasteiger charge is 2.31. The van der Waals surface area contributed by atoms with Crippen molar-refractivity contribution < 1.29 is 14.0 Å². The normalized spacial score (nSPS) is 13.8. The van der Waals surface area contributed by atoms with E-state index in [2.05, 4.69) is 20.6 Å². The van der Waals surface area contributed by atoms with Crippen LogP contribution in [0.15, 0.2) is 53.1 Å². The van der Waals surface area contributed by atoms with Gasteiger partial charge in [-0.05, 0) is 60.9 Å². The molecule has 13 heteroatoms. The van der Waals surface area contributed by atoms with Gasteiger partial charge in [0.1, 0.15) is 34.2 Å². The molecule has 6 N–H and O–H groups in total. The van der Waals surface area contributed by atoms with Crippen LogP contribution in [-0.4, -0.2) is 43.0 Å². The molecule has 0 aliphatic carbocycles. The molecular weight excluding hydrogens is 571 g/mol. The standard InChI is InChI=1S/C28H29FN8O3S.C2H6/c1-3-16(11-17-13-33-22(30)10-15(17)2)12-35-26(38)21-8-9-23-34-14-20(28(40)37(21)23)36-27(39)25(32)41-24(31)18-6-4-5-7-19(18)29;1-2/h4-7,10-11,13-14,21,31-32H,3,8-9,12H2,1-2H3,(H2,30,33)(H,35,38)(H,36,39);1-2H3/b16-11+,31-24?,32-25?;. The molecule has 0 saturated carbocycles. The van der Waals surface area contributed by atoms with Gasteiger partial charge in [0.05, 0.1) is 6.20 Å². The second-order valence-electron chi connectivity index (χ2n) is 9.35. The number of thioether (sulfide) groups is 1. The molecule has 226 valence electrons. The third kappa shape index (κ3) is 8.01. The number of nitrogen functional groups attached to an aromatic ring is 1. The highest BCUT2D eigenvalue weighted by atomic mass is 32.2. The number of carbonyl (C=O) groups excluding carboxylic acids is 2. The molecule has 2 aromatic heterocycles. The zero-order valence-corrected chi connectivity index (χ0v) is 25.3. The molecule has 0 fully saturated rings. The van der Waals surface area contributed by atoms with Crippen LogP contribution in [0.5, 0.6) is 0 Å². The summed E-state index contributed by atoms with van der Waals surface area (Å²) in [6.45, 7) is 8.17. The van der Waals surface area contributed by atoms with Crippen molar-refractivity contribution in [3.8, 4) is 0 Å². The van der Waals surface area contributed by atoms with Crippen molar-refractivity contribution in [2.75, 3.05) is 17.6 Å². The first kappa shape index (κ1) is 32.9. The van der Waals surface area contributed by atoms with Crippen LogP contribution >= 0.6 is 11.8 Å². The van der Waals surface area contributed by atoms with Crippen LogP contribution in [0, 0.1) is 23.6 Å². The Bertz CT molecular complexity index is 1640. The van der Waals surface area contributed by atoms with Crippen LogP contribution in [0.1, 0.15) is 62.2 Å². The summed E-state index contributed by atoms with van der Waals surface area (Å²) in [5, 5.41) is 20.3. The Balaban J connectivity index is 0.00000248. The number of hydrogen-bond acceptors (Lipinski definition) is 9. The van der Waals surface area contributed by atoms with Crippen molar-refractivity contribution in [1.29, 1.82) is 10.8 Å². The number of aryl methyl sites for hydroxylation is 2. The van der Waals surface area contributed by atoms with E-state index in [1.807, 2.05) is 33.8 Å². The Morgan fingerprint density at radius 2 is 1.93 bits per heavy atom. The average Bonchev–Trinajstić information content (AvgIpc) is 3.44. The summed E-state index contributed by atoms with van der Waals surface area (Å²) in [5.41, 5.74) is 7.65. The fraction of sp³-hybridized carbons (Fsp3) is 0.300. The van der Waals surface area contributed by atoms with Crippen molar-refractivity contribution in [2.24, 2.45) is 0 Å². The molecule has 1 aliphatic rings. The molecule has 0 bridgehead atoms. The number of aromatic nitrogens is 3. The van der Waals surface area contributed by atoms with Gasteiger partial charge in [0.2, 0.25) is 5.91 Å². The van der Waals surface area contributed by atoms with Gasteiger partial charge in [0, 0.05) is 24.7 Å². The summed E-state index contributed by atoms with van der Waals surface area (Å²) >= 11 is 0.450. The van der Waals surface area contributed by atoms with Crippen molar-refractivity contribution in [1.82, 2.24) is 19.9 Å². The maximum absolute atomic E-state index is 13.9. The van der Waals surface area contributed by atoms with Gasteiger partial charge >= 0.3 is 0 Å². The van der Waals surface area contributed by atoms with Crippen molar-refractivity contribution >= 4 is 51.2 Å². The second-order valence-corrected chi connectivity index (χ2v) is 10.4. The largest absolute Gasteiger partial charge is 0.384 e. The van der Waals surface area contributed by atoms with Crippen LogP contribution in [0.25, 0.3) is 6.08 Å². The molecule has 43 heavy (non-hydrogen) atoms. The Labute approximate surface area is 253 Å². The summed E-state index contributed by atoms with van der Waals surface area (Å²) in [7, 11) is 0. The maximum atomic E-state index is 13.9. The fourth-order valence-corrected chi connectivity index (χ4v) is 4.95. The lowest BCUT2D eigenvalue weighted by Gasteiger charge is -2.16. The molecule has 2 amide bonds. The summed E-state index contributed by atoms with van der Waals surface area (Å²) in [4.78, 5) is 47.4. The van der Waals surface area contributed by atoms with E-state index in [9.17, 15) is 18.8 Å². The second kappa shape index (κ2) is 15.0. The Morgan fingerprint density at radius 3 is 2.60 bits per heavy atom. The molecule has 1 unspecified atom stereocenters. The predicted molar refractivity (Wildman–Crippen MR) is 169 cm³/mol. The third-order valence-electron chi connectivity index (χ3n) is 6.58. The van der Waals surface area contributed by atoms with Crippen LogP contribution in [-0.2, 0) is 16.0 Å². The van der Waals surface area contributed by atoms with Gasteiger partial charge in [-0.2, -0.15) is 0 Å². The summed E-state index contributed by atoms with van der Waals surface area (Å²) in [6, 6.07) is 6.51. The zero-order chi connectivity index (χ0) is 31.7. The summed E-state index contributed by atoms with van der Waals surface area (Å²) in [5.74, 6) is -1.13. The molecule has 4 rings (SSSR count). The lowest BCUT2D eigenvalue weighted by molar-refractivity contribution is -0.124. The molecule has 0 saturated heterocycles. The fourth-order valence-electron chi connectivity index (χ4n) is 4.32. The number of hydrogen-bond donors (Lipinski definition) is 5. The van der Waals surface area contributed by atoms with Gasteiger partial charge in [0.15, 0.2) is 5.04 Å². The van der Waals surface area contributed by atoms with Crippen molar-refractivity contribution in [3.05, 3.63) is 87.0 Å². The van der Waals surface area contributed by atoms with Crippen LogP contribution in [0.4, 0.5) is 15.9 Å². The molecule has 3 aromatic rings. The van der Waals surface area contributed by atoms with E-state index in [0.29, 0.717) is 42.7 Å². The van der Waals surface area contributed by atoms with Gasteiger partial charge in [-0.25, -0.2) is 14.4 Å². The van der Waals surface area contributed by atoms with Gasteiger partial charge < -0.3 is 16.4 Å². The molecular formula is C30H35FN8O3S. The lowest BCUT2D eigenvalue weighted by Crippen LogP contribution is -2.38. The quantitative estimate of drug-likeness (QED) is 0.194. The van der Waals surface area contributed by atoms with Crippen LogP contribution in [0.2, 0.25) is 0 Å². The molecule has 1 aromatic carbocycles. The van der Waals surface area contributed by atoms with E-state index >= 15 is 0 Å². The van der Waals surface area contributed by atoms with E-state index in [4.69, 9.17) is 16.6 Å². The first-order valence-corrected chi connectivity index (χ1v) is 14.6. The topological polar surface area (TPSA) is 180 Å². The number of fused-ring (bicyclic) bond motifs is 1. The zero-order valence-electron chi connectivity index (χ0n) is 24.5. The smallest absolute Gasteiger partial charge is 0.280 e. The minimum absolute atomic E-state index is 0.0514. The average molecular weight is 607 g/mol. The molecule has 11 nitrogen and oxygen atoms in total. The molecule has 0 spiro atoms. The lowest BCUT2D eigenvalue weighted by atomic mass is 10.1. The van der Waals surface area contributed by atoms with Gasteiger partial charge in [-0.15, -0.1) is 0 Å². The minimum atomic E-state index is -0.959. The monoisotopic (exact) mass is 606 g/mol. The van der Waals surface area contributed by atoms with E-state index in [0.717, 1.165) is 16.7 Å². The Kier molecular flexibility index (Phi) is 11.5. The summed E-state index contributed by atoms with van der Waals surface area (Å²) in [6.07, 6.45) is 6.26. The number of halogens is 1. The van der Waals surface area contributed by atoms with Crippen molar-refractivity contribution in [2.45, 2.75) is 53.0 Å². The SMILES string of the molecule is CC.CC/C(=C\c1cnc(N)cc1C)CNC(=O)C1CCc2ncc(NC(=O)C(=N)SC(=N)c3ccccc3F)c(=O)n21. The van der Waals surface area contributed by atoms with E-state index in [1.54, 1.807) is 18.3 Å². The van der Waals surface area contributed by atoms with E-state index in [-0.39, 0.29) is 28.7 Å². The Hall–Kier alpha value is -4.65. The number of nitrogens with one attached hydrogen (secondary N) is 4. The van der Waals surface area contributed by atoms with Gasteiger partial charge in [-0.3, -0.25) is 29.8 Å². The number of pyridine rings is 1. The molecule has 1 aliphatic heterocycles. The van der Waals surface area contributed by atoms with Gasteiger partial charge in [0.25, 0.3) is 11.5 Å². The number of nitrogens with two attached hydrogens (primary N) is 1. The minimum Gasteiger partial charge on any atom is -0.384 e. The number of carbonyl (C=O) groups is 2. The number of nitrogens with zero attached hydrogens (tertiary/aromatic N) is 3. The molecule has 1 atom stereocenters. The van der Waals surface area contributed by atoms with E-state index in [1.165, 1.54) is 29.0 Å². The first-order chi connectivity index (χ1) is 20.6. The number of benzene rings is 1. The first-order valence-electron chi connectivity index (χ1n) is 13.8. The highest BCUT2D eigenvalue weighted by Crippen LogP contribution is 2.24.